The smallest absolute Gasteiger partial charge is 0.165 e. The lowest BCUT2D eigenvalue weighted by molar-refractivity contribution is 0.0976. The molecule has 2 nitrogen and oxygen atoms in total. The minimum Gasteiger partial charge on any atom is -0.377 e. The van der Waals surface area contributed by atoms with Gasteiger partial charge in [0.05, 0.1) is 6.04 Å². The van der Waals surface area contributed by atoms with Crippen LogP contribution in [-0.2, 0) is 6.42 Å². The molecule has 1 aliphatic rings. The van der Waals surface area contributed by atoms with E-state index in [2.05, 4.69) is 59.9 Å². The van der Waals surface area contributed by atoms with Gasteiger partial charge in [0.2, 0.25) is 0 Å². The number of Topliss-reactive ketones (excluding diaryl/α,β-unsaturated/α-hetero) is 1. The van der Waals surface area contributed by atoms with Gasteiger partial charge in [-0.15, -0.1) is 0 Å². The first-order chi connectivity index (χ1) is 14.8. The Morgan fingerprint density at radius 1 is 0.733 bits per heavy atom. The molecular formula is C28H23NO. The lowest BCUT2D eigenvalue weighted by atomic mass is 9.96. The van der Waals surface area contributed by atoms with Crippen molar-refractivity contribution in [3.63, 3.8) is 0 Å². The van der Waals surface area contributed by atoms with Gasteiger partial charge in [-0.05, 0) is 34.7 Å². The van der Waals surface area contributed by atoms with Gasteiger partial charge in [0.1, 0.15) is 0 Å². The van der Waals surface area contributed by atoms with Crippen LogP contribution in [0.15, 0.2) is 103 Å². The van der Waals surface area contributed by atoms with Gasteiger partial charge >= 0.3 is 0 Å². The third-order valence-electron chi connectivity index (χ3n) is 5.84. The molecule has 0 radical (unpaired) electrons. The minimum absolute atomic E-state index is 0.0989. The van der Waals surface area contributed by atoms with Gasteiger partial charge in [0.15, 0.2) is 5.78 Å². The standard InChI is InChI=1S/C28H23NO/c30-27(21-12-5-2-6-13-21)19-26(20-10-3-1-4-11-20)29-25-17-9-15-23-18-22-14-7-8-16-24(22)28(23)25/h1-17,26,29H,18-19H2/t26-/m1/s1. The second-order valence-corrected chi connectivity index (χ2v) is 7.77. The van der Waals surface area contributed by atoms with E-state index >= 15 is 0 Å². The highest BCUT2D eigenvalue weighted by molar-refractivity contribution is 5.97. The SMILES string of the molecule is O=C(C[C@@H](Nc1cccc2c1-c1ccccc1C2)c1ccccc1)c1ccccc1. The van der Waals surface area contributed by atoms with Gasteiger partial charge in [0.25, 0.3) is 0 Å². The molecule has 0 amide bonds. The van der Waals surface area contributed by atoms with Crippen LogP contribution >= 0.6 is 0 Å². The summed E-state index contributed by atoms with van der Waals surface area (Å²) < 4.78 is 0. The maximum absolute atomic E-state index is 13.0. The molecule has 4 aromatic carbocycles. The number of hydrogen-bond acceptors (Lipinski definition) is 2. The summed E-state index contributed by atoms with van der Waals surface area (Å²) >= 11 is 0. The van der Waals surface area contributed by atoms with Gasteiger partial charge < -0.3 is 5.32 Å². The molecule has 0 unspecified atom stereocenters. The molecule has 0 spiro atoms. The lowest BCUT2D eigenvalue weighted by Crippen LogP contribution is -2.16. The summed E-state index contributed by atoms with van der Waals surface area (Å²) in [6.07, 6.45) is 1.36. The largest absolute Gasteiger partial charge is 0.377 e. The fraction of sp³-hybridized carbons (Fsp3) is 0.107. The number of ketones is 1. The van der Waals surface area contributed by atoms with Crippen molar-refractivity contribution in [2.75, 3.05) is 5.32 Å². The molecule has 0 aliphatic heterocycles. The highest BCUT2D eigenvalue weighted by atomic mass is 16.1. The van der Waals surface area contributed by atoms with Gasteiger partial charge in [-0.1, -0.05) is 97.1 Å². The first-order valence-electron chi connectivity index (χ1n) is 10.4. The van der Waals surface area contributed by atoms with E-state index < -0.39 is 0 Å². The second kappa shape index (κ2) is 8.00. The zero-order chi connectivity index (χ0) is 20.3. The monoisotopic (exact) mass is 389 g/mol. The zero-order valence-corrected chi connectivity index (χ0v) is 16.7. The van der Waals surface area contributed by atoms with Crippen LogP contribution < -0.4 is 5.32 Å². The van der Waals surface area contributed by atoms with Crippen molar-refractivity contribution in [2.24, 2.45) is 0 Å². The Labute approximate surface area is 177 Å². The average Bonchev–Trinajstić information content (AvgIpc) is 3.19. The maximum Gasteiger partial charge on any atom is 0.165 e. The zero-order valence-electron chi connectivity index (χ0n) is 16.7. The molecule has 30 heavy (non-hydrogen) atoms. The summed E-state index contributed by atoms with van der Waals surface area (Å²) in [6, 6.07) is 34.7. The second-order valence-electron chi connectivity index (χ2n) is 7.77. The van der Waals surface area contributed by atoms with Crippen LogP contribution in [0.1, 0.15) is 39.5 Å². The molecule has 0 saturated carbocycles. The van der Waals surface area contributed by atoms with E-state index in [9.17, 15) is 4.79 Å². The normalized spacial score (nSPS) is 12.7. The van der Waals surface area contributed by atoms with Crippen molar-refractivity contribution in [3.05, 3.63) is 125 Å². The lowest BCUT2D eigenvalue weighted by Gasteiger charge is -2.22. The Balaban J connectivity index is 1.51. The van der Waals surface area contributed by atoms with E-state index in [1.54, 1.807) is 0 Å². The van der Waals surface area contributed by atoms with Crippen molar-refractivity contribution in [1.29, 1.82) is 0 Å². The molecule has 0 heterocycles. The Morgan fingerprint density at radius 2 is 1.40 bits per heavy atom. The summed E-state index contributed by atoms with van der Waals surface area (Å²) in [5, 5.41) is 3.72. The van der Waals surface area contributed by atoms with Gasteiger partial charge in [-0.25, -0.2) is 0 Å². The van der Waals surface area contributed by atoms with Crippen molar-refractivity contribution >= 4 is 11.5 Å². The van der Waals surface area contributed by atoms with E-state index in [1.165, 1.54) is 22.3 Å². The van der Waals surface area contributed by atoms with Gasteiger partial charge in [-0.3, -0.25) is 4.79 Å². The van der Waals surface area contributed by atoms with Gasteiger partial charge in [0, 0.05) is 23.2 Å². The molecule has 4 aromatic rings. The van der Waals surface area contributed by atoms with Crippen LogP contribution in [0.5, 0.6) is 0 Å². The number of nitrogens with one attached hydrogen (secondary N) is 1. The third-order valence-corrected chi connectivity index (χ3v) is 5.84. The summed E-state index contributed by atoms with van der Waals surface area (Å²) in [4.78, 5) is 13.0. The number of carbonyl (C=O) groups is 1. The van der Waals surface area contributed by atoms with E-state index in [1.807, 2.05) is 48.5 Å². The number of anilines is 1. The molecule has 0 saturated heterocycles. The molecule has 1 N–H and O–H groups in total. The van der Waals surface area contributed by atoms with Crippen molar-refractivity contribution in [1.82, 2.24) is 0 Å². The Morgan fingerprint density at radius 3 is 2.20 bits per heavy atom. The Bertz CT molecular complexity index is 1180. The minimum atomic E-state index is -0.0989. The van der Waals surface area contributed by atoms with Crippen LogP contribution in [0.3, 0.4) is 0 Å². The van der Waals surface area contributed by atoms with Gasteiger partial charge in [-0.2, -0.15) is 0 Å². The van der Waals surface area contributed by atoms with Crippen molar-refractivity contribution < 1.29 is 4.79 Å². The first kappa shape index (κ1) is 18.4. The van der Waals surface area contributed by atoms with Crippen LogP contribution in [0.25, 0.3) is 11.1 Å². The fourth-order valence-electron chi connectivity index (χ4n) is 4.36. The summed E-state index contributed by atoms with van der Waals surface area (Å²) in [6.45, 7) is 0. The fourth-order valence-corrected chi connectivity index (χ4v) is 4.36. The van der Waals surface area contributed by atoms with Crippen LogP contribution in [0, 0.1) is 0 Å². The molecule has 1 aliphatic carbocycles. The quantitative estimate of drug-likeness (QED) is 0.328. The molecule has 0 aromatic heterocycles. The molecule has 0 fully saturated rings. The van der Waals surface area contributed by atoms with Crippen molar-refractivity contribution in [2.45, 2.75) is 18.9 Å². The predicted molar refractivity (Wildman–Crippen MR) is 123 cm³/mol. The molecule has 5 rings (SSSR count). The predicted octanol–water partition coefficient (Wildman–Crippen LogP) is 6.68. The maximum atomic E-state index is 13.0. The van der Waals surface area contributed by atoms with E-state index in [-0.39, 0.29) is 11.8 Å². The number of rotatable bonds is 6. The van der Waals surface area contributed by atoms with E-state index in [0.29, 0.717) is 6.42 Å². The number of benzene rings is 4. The highest BCUT2D eigenvalue weighted by Crippen LogP contribution is 2.42. The van der Waals surface area contributed by atoms with Crippen LogP contribution in [-0.4, -0.2) is 5.78 Å². The molecular weight excluding hydrogens is 366 g/mol. The number of carbonyl (C=O) groups excluding carboxylic acids is 1. The Kier molecular flexibility index (Phi) is 4.90. The Hall–Kier alpha value is -3.65. The first-order valence-corrected chi connectivity index (χ1v) is 10.4. The molecule has 0 bridgehead atoms. The highest BCUT2D eigenvalue weighted by Gasteiger charge is 2.23. The molecule has 146 valence electrons. The third kappa shape index (κ3) is 3.53. The summed E-state index contributed by atoms with van der Waals surface area (Å²) in [5.74, 6) is 0.143. The molecule has 2 heteroatoms. The number of fused-ring (bicyclic) bond motifs is 3. The van der Waals surface area contributed by atoms with Crippen LogP contribution in [0.2, 0.25) is 0 Å². The number of hydrogen-bond donors (Lipinski definition) is 1. The topological polar surface area (TPSA) is 29.1 Å². The summed E-state index contributed by atoms with van der Waals surface area (Å²) in [5.41, 5.74) is 8.21. The van der Waals surface area contributed by atoms with E-state index in [4.69, 9.17) is 0 Å². The van der Waals surface area contributed by atoms with Crippen LogP contribution in [0.4, 0.5) is 5.69 Å². The van der Waals surface area contributed by atoms with Crippen molar-refractivity contribution in [3.8, 4) is 11.1 Å². The van der Waals surface area contributed by atoms with E-state index in [0.717, 1.165) is 23.2 Å². The summed E-state index contributed by atoms with van der Waals surface area (Å²) in [7, 11) is 0. The average molecular weight is 389 g/mol. The molecule has 1 atom stereocenters.